The van der Waals surface area contributed by atoms with Crippen molar-refractivity contribution in [1.29, 1.82) is 0 Å². The van der Waals surface area contributed by atoms with Crippen molar-refractivity contribution in [3.63, 3.8) is 0 Å². The molecule has 33 heavy (non-hydrogen) atoms. The van der Waals surface area contributed by atoms with E-state index in [0.717, 1.165) is 0 Å². The van der Waals surface area contributed by atoms with Crippen LogP contribution in [0.1, 0.15) is 53.4 Å². The van der Waals surface area contributed by atoms with Gasteiger partial charge in [-0.25, -0.2) is 4.79 Å². The molecular formula is C20H36N6O7. The Morgan fingerprint density at radius 3 is 1.73 bits per heavy atom. The third-order valence-electron chi connectivity index (χ3n) is 4.64. The molecule has 0 aromatic carbocycles. The van der Waals surface area contributed by atoms with Gasteiger partial charge in [-0.15, -0.1) is 0 Å². The van der Waals surface area contributed by atoms with Gasteiger partial charge < -0.3 is 38.3 Å². The largest absolute Gasteiger partial charge is 0.480 e. The Bertz CT molecular complexity index is 740. The van der Waals surface area contributed by atoms with E-state index < -0.39 is 72.0 Å². The highest BCUT2D eigenvalue weighted by Gasteiger charge is 2.31. The van der Waals surface area contributed by atoms with Gasteiger partial charge in [-0.3, -0.25) is 24.0 Å². The SMILES string of the molecule is CC(C)CC(NC(=O)C(N)CC(N)=O)C(=O)NC(CCC(N)=O)C(=O)NC(C(=O)O)C(C)C. The minimum Gasteiger partial charge on any atom is -0.480 e. The Labute approximate surface area is 192 Å². The first kappa shape index (κ1) is 29.8. The number of primary amides is 2. The van der Waals surface area contributed by atoms with Crippen LogP contribution in [0.25, 0.3) is 0 Å². The minimum atomic E-state index is -1.28. The Hall–Kier alpha value is -3.22. The van der Waals surface area contributed by atoms with E-state index in [9.17, 15) is 33.9 Å². The lowest BCUT2D eigenvalue weighted by Crippen LogP contribution is -2.58. The maximum atomic E-state index is 12.9. The van der Waals surface area contributed by atoms with E-state index in [0.29, 0.717) is 0 Å². The average molecular weight is 473 g/mol. The standard InChI is InChI=1S/C20H36N6O7/c1-9(2)7-13(25-17(29)11(21)8-15(23)28)19(31)24-12(5-6-14(22)27)18(30)26-16(10(3)4)20(32)33/h9-13,16H,5-8,21H2,1-4H3,(H2,22,27)(H2,23,28)(H,24,31)(H,25,29)(H,26,30)(H,32,33). The molecule has 10 N–H and O–H groups in total. The van der Waals surface area contributed by atoms with Crippen LogP contribution in [0.4, 0.5) is 0 Å². The lowest BCUT2D eigenvalue weighted by atomic mass is 10.0. The summed E-state index contributed by atoms with van der Waals surface area (Å²) < 4.78 is 0. The number of amides is 5. The quantitative estimate of drug-likeness (QED) is 0.136. The third-order valence-corrected chi connectivity index (χ3v) is 4.64. The molecule has 0 aromatic heterocycles. The Kier molecular flexibility index (Phi) is 12.7. The van der Waals surface area contributed by atoms with Gasteiger partial charge in [0, 0.05) is 6.42 Å². The number of carboxylic acids is 1. The molecular weight excluding hydrogens is 436 g/mol. The maximum absolute atomic E-state index is 12.9. The zero-order valence-corrected chi connectivity index (χ0v) is 19.4. The molecule has 0 spiro atoms. The number of carboxylic acid groups (broad SMARTS) is 1. The first-order chi connectivity index (χ1) is 15.1. The summed E-state index contributed by atoms with van der Waals surface area (Å²) in [6.45, 7) is 6.79. The van der Waals surface area contributed by atoms with Crippen LogP contribution in [0.2, 0.25) is 0 Å². The van der Waals surface area contributed by atoms with Crippen LogP contribution in [-0.4, -0.2) is 64.8 Å². The summed E-state index contributed by atoms with van der Waals surface area (Å²) in [7, 11) is 0. The van der Waals surface area contributed by atoms with Crippen LogP contribution in [-0.2, 0) is 28.8 Å². The fraction of sp³-hybridized carbons (Fsp3) is 0.700. The van der Waals surface area contributed by atoms with Gasteiger partial charge >= 0.3 is 5.97 Å². The molecule has 13 nitrogen and oxygen atoms in total. The summed E-state index contributed by atoms with van der Waals surface area (Å²) in [6.07, 6.45) is -0.671. The second kappa shape index (κ2) is 14.0. The predicted molar refractivity (Wildman–Crippen MR) is 118 cm³/mol. The summed E-state index contributed by atoms with van der Waals surface area (Å²) in [5.74, 6) is -5.60. The molecule has 5 amide bonds. The van der Waals surface area contributed by atoms with Gasteiger partial charge in [0.1, 0.15) is 18.1 Å². The molecule has 13 heteroatoms. The van der Waals surface area contributed by atoms with Gasteiger partial charge in [0.2, 0.25) is 29.5 Å². The summed E-state index contributed by atoms with van der Waals surface area (Å²) in [4.78, 5) is 71.5. The molecule has 0 saturated carbocycles. The van der Waals surface area contributed by atoms with Crippen molar-refractivity contribution in [3.05, 3.63) is 0 Å². The summed E-state index contributed by atoms with van der Waals surface area (Å²) in [5, 5.41) is 16.5. The molecule has 0 heterocycles. The number of hydrogen-bond donors (Lipinski definition) is 7. The topological polar surface area (TPSA) is 237 Å². The van der Waals surface area contributed by atoms with Crippen molar-refractivity contribution in [3.8, 4) is 0 Å². The molecule has 0 aliphatic carbocycles. The van der Waals surface area contributed by atoms with Crippen molar-refractivity contribution in [2.45, 2.75) is 77.5 Å². The van der Waals surface area contributed by atoms with Crippen LogP contribution in [0.5, 0.6) is 0 Å². The monoisotopic (exact) mass is 472 g/mol. The number of nitrogens with two attached hydrogens (primary N) is 3. The van der Waals surface area contributed by atoms with Gasteiger partial charge in [-0.2, -0.15) is 0 Å². The van der Waals surface area contributed by atoms with Gasteiger partial charge in [0.25, 0.3) is 0 Å². The van der Waals surface area contributed by atoms with Crippen molar-refractivity contribution < 1.29 is 33.9 Å². The molecule has 0 aromatic rings. The van der Waals surface area contributed by atoms with E-state index in [1.165, 1.54) is 0 Å². The van der Waals surface area contributed by atoms with E-state index in [2.05, 4.69) is 16.0 Å². The molecule has 0 bridgehead atoms. The number of nitrogens with one attached hydrogen (secondary N) is 3. The molecule has 0 saturated heterocycles. The van der Waals surface area contributed by atoms with Crippen LogP contribution >= 0.6 is 0 Å². The minimum absolute atomic E-state index is 0.0522. The first-order valence-electron chi connectivity index (χ1n) is 10.6. The number of rotatable bonds is 15. The molecule has 0 aliphatic rings. The van der Waals surface area contributed by atoms with E-state index in [1.807, 2.05) is 0 Å². The number of aliphatic carboxylic acids is 1. The van der Waals surface area contributed by atoms with Crippen LogP contribution in [0, 0.1) is 11.8 Å². The molecule has 0 fully saturated rings. The van der Waals surface area contributed by atoms with Crippen molar-refractivity contribution in [2.24, 2.45) is 29.0 Å². The Balaban J connectivity index is 5.58. The highest BCUT2D eigenvalue weighted by Crippen LogP contribution is 2.09. The van der Waals surface area contributed by atoms with E-state index in [-0.39, 0.29) is 25.2 Å². The average Bonchev–Trinajstić information content (AvgIpc) is 2.66. The number of hydrogen-bond acceptors (Lipinski definition) is 7. The molecule has 0 aliphatic heterocycles. The number of carbonyl (C=O) groups excluding carboxylic acids is 5. The zero-order valence-electron chi connectivity index (χ0n) is 19.4. The Morgan fingerprint density at radius 1 is 0.788 bits per heavy atom. The van der Waals surface area contributed by atoms with Gasteiger partial charge in [0.05, 0.1) is 12.5 Å². The van der Waals surface area contributed by atoms with Crippen LogP contribution in [0.15, 0.2) is 0 Å². The van der Waals surface area contributed by atoms with Gasteiger partial charge in [0.15, 0.2) is 0 Å². The van der Waals surface area contributed by atoms with E-state index >= 15 is 0 Å². The Morgan fingerprint density at radius 2 is 1.30 bits per heavy atom. The smallest absolute Gasteiger partial charge is 0.326 e. The second-order valence-corrected chi connectivity index (χ2v) is 8.60. The lowest BCUT2D eigenvalue weighted by Gasteiger charge is -2.26. The highest BCUT2D eigenvalue weighted by atomic mass is 16.4. The molecule has 0 rings (SSSR count). The van der Waals surface area contributed by atoms with Crippen molar-refractivity contribution in [2.75, 3.05) is 0 Å². The fourth-order valence-corrected chi connectivity index (χ4v) is 2.89. The van der Waals surface area contributed by atoms with Gasteiger partial charge in [-0.05, 0) is 24.7 Å². The second-order valence-electron chi connectivity index (χ2n) is 8.60. The van der Waals surface area contributed by atoms with Crippen LogP contribution in [0.3, 0.4) is 0 Å². The predicted octanol–water partition coefficient (Wildman–Crippen LogP) is -2.30. The summed E-state index contributed by atoms with van der Waals surface area (Å²) in [5.41, 5.74) is 15.8. The molecule has 0 radical (unpaired) electrons. The zero-order chi connectivity index (χ0) is 25.9. The van der Waals surface area contributed by atoms with Gasteiger partial charge in [-0.1, -0.05) is 27.7 Å². The maximum Gasteiger partial charge on any atom is 0.326 e. The molecule has 4 unspecified atom stereocenters. The fourth-order valence-electron chi connectivity index (χ4n) is 2.89. The van der Waals surface area contributed by atoms with Crippen LogP contribution < -0.4 is 33.2 Å². The van der Waals surface area contributed by atoms with E-state index in [1.54, 1.807) is 27.7 Å². The molecule has 188 valence electrons. The van der Waals surface area contributed by atoms with Crippen molar-refractivity contribution in [1.82, 2.24) is 16.0 Å². The summed E-state index contributed by atoms with van der Waals surface area (Å²) >= 11 is 0. The third kappa shape index (κ3) is 11.8. The summed E-state index contributed by atoms with van der Waals surface area (Å²) in [6, 6.07) is -4.87. The van der Waals surface area contributed by atoms with Crippen molar-refractivity contribution >= 4 is 35.5 Å². The lowest BCUT2D eigenvalue weighted by molar-refractivity contribution is -0.143. The normalized spacial score (nSPS) is 14.6. The first-order valence-corrected chi connectivity index (χ1v) is 10.6. The molecule has 4 atom stereocenters. The highest BCUT2D eigenvalue weighted by molar-refractivity contribution is 5.95. The van der Waals surface area contributed by atoms with E-state index in [4.69, 9.17) is 17.2 Å². The number of carbonyl (C=O) groups is 6.